The lowest BCUT2D eigenvalue weighted by Crippen LogP contribution is -2.12. The van der Waals surface area contributed by atoms with E-state index in [9.17, 15) is 4.79 Å². The second kappa shape index (κ2) is 6.84. The van der Waals surface area contributed by atoms with E-state index in [1.165, 1.54) is 11.1 Å². The number of Topliss-reactive ketones (excluding diaryl/α,β-unsaturated/α-hetero) is 1. The molecule has 3 nitrogen and oxygen atoms in total. The van der Waals surface area contributed by atoms with E-state index in [0.29, 0.717) is 12.1 Å². The van der Waals surface area contributed by atoms with Crippen molar-refractivity contribution < 1.29 is 4.79 Å². The monoisotopic (exact) mass is 334 g/mol. The fraction of sp³-hybridized carbons (Fsp3) is 0.375. The van der Waals surface area contributed by atoms with Gasteiger partial charge >= 0.3 is 0 Å². The molecule has 0 saturated carbocycles. The first kappa shape index (κ1) is 15.0. The van der Waals surface area contributed by atoms with Gasteiger partial charge in [0.15, 0.2) is 5.78 Å². The van der Waals surface area contributed by atoms with E-state index in [-0.39, 0.29) is 5.78 Å². The van der Waals surface area contributed by atoms with Gasteiger partial charge in [0.1, 0.15) is 5.69 Å². The Morgan fingerprint density at radius 2 is 2.10 bits per heavy atom. The number of hydrogen-bond donors (Lipinski definition) is 0. The van der Waals surface area contributed by atoms with Crippen molar-refractivity contribution in [2.45, 2.75) is 39.7 Å². The van der Waals surface area contributed by atoms with Gasteiger partial charge in [0.05, 0.1) is 10.7 Å². The predicted molar refractivity (Wildman–Crippen MR) is 84.0 cm³/mol. The molecule has 20 heavy (non-hydrogen) atoms. The third-order valence-electron chi connectivity index (χ3n) is 3.38. The van der Waals surface area contributed by atoms with Crippen LogP contribution in [0.15, 0.2) is 34.9 Å². The molecule has 2 aromatic rings. The van der Waals surface area contributed by atoms with E-state index in [0.717, 1.165) is 23.9 Å². The standard InChI is InChI=1S/C16H19BrN2O/c1-3-10-19-16(14(17)11-18-19)15(20)9-8-13-7-5-4-6-12(13)2/h4-7,11H,3,8-10H2,1-2H3. The van der Waals surface area contributed by atoms with Crippen LogP contribution < -0.4 is 0 Å². The Kier molecular flexibility index (Phi) is 5.12. The van der Waals surface area contributed by atoms with Crippen molar-refractivity contribution in [2.24, 2.45) is 0 Å². The summed E-state index contributed by atoms with van der Waals surface area (Å²) in [6.45, 7) is 4.94. The molecule has 0 unspecified atom stereocenters. The first-order valence-electron chi connectivity index (χ1n) is 6.92. The highest BCUT2D eigenvalue weighted by Crippen LogP contribution is 2.19. The second-order valence-electron chi connectivity index (χ2n) is 4.91. The first-order valence-corrected chi connectivity index (χ1v) is 7.71. The van der Waals surface area contributed by atoms with E-state index in [4.69, 9.17) is 0 Å². The maximum atomic E-state index is 12.4. The van der Waals surface area contributed by atoms with Gasteiger partial charge in [-0.1, -0.05) is 31.2 Å². The molecule has 0 amide bonds. The Labute approximate surface area is 128 Å². The molecule has 1 heterocycles. The van der Waals surface area contributed by atoms with Crippen molar-refractivity contribution in [1.29, 1.82) is 0 Å². The van der Waals surface area contributed by atoms with Gasteiger partial charge in [-0.2, -0.15) is 5.10 Å². The zero-order chi connectivity index (χ0) is 14.5. The van der Waals surface area contributed by atoms with Gasteiger partial charge in [-0.05, 0) is 46.8 Å². The Morgan fingerprint density at radius 1 is 1.35 bits per heavy atom. The molecule has 0 aliphatic rings. The molecule has 0 spiro atoms. The molecule has 1 aromatic carbocycles. The molecule has 0 bridgehead atoms. The van der Waals surface area contributed by atoms with Gasteiger partial charge in [-0.15, -0.1) is 0 Å². The van der Waals surface area contributed by atoms with Crippen LogP contribution in [0.25, 0.3) is 0 Å². The van der Waals surface area contributed by atoms with Crippen LogP contribution in [0.5, 0.6) is 0 Å². The first-order chi connectivity index (χ1) is 9.63. The molecule has 0 N–H and O–H groups in total. The number of hydrogen-bond acceptors (Lipinski definition) is 2. The highest BCUT2D eigenvalue weighted by Gasteiger charge is 2.16. The Hall–Kier alpha value is -1.42. The lowest BCUT2D eigenvalue weighted by molar-refractivity contribution is 0.0971. The molecule has 0 aliphatic carbocycles. The molecule has 106 valence electrons. The van der Waals surface area contributed by atoms with Crippen LogP contribution in [-0.4, -0.2) is 15.6 Å². The quantitative estimate of drug-likeness (QED) is 0.742. The third-order valence-corrected chi connectivity index (χ3v) is 3.96. The summed E-state index contributed by atoms with van der Waals surface area (Å²) in [4.78, 5) is 12.4. The van der Waals surface area contributed by atoms with Crippen molar-refractivity contribution in [3.05, 3.63) is 51.8 Å². The number of carbonyl (C=O) groups excluding carboxylic acids is 1. The Balaban J connectivity index is 2.09. The lowest BCUT2D eigenvalue weighted by Gasteiger charge is -2.07. The van der Waals surface area contributed by atoms with Gasteiger partial charge in [-0.3, -0.25) is 9.48 Å². The summed E-state index contributed by atoms with van der Waals surface area (Å²) in [5.74, 6) is 0.145. The maximum absolute atomic E-state index is 12.4. The van der Waals surface area contributed by atoms with Gasteiger partial charge in [0.2, 0.25) is 0 Å². The normalized spacial score (nSPS) is 10.8. The molecule has 0 saturated heterocycles. The van der Waals surface area contributed by atoms with Crippen LogP contribution >= 0.6 is 15.9 Å². The minimum Gasteiger partial charge on any atom is -0.292 e. The number of aromatic nitrogens is 2. The number of nitrogens with zero attached hydrogens (tertiary/aromatic N) is 2. The largest absolute Gasteiger partial charge is 0.292 e. The molecular formula is C16H19BrN2O. The number of benzene rings is 1. The highest BCUT2D eigenvalue weighted by atomic mass is 79.9. The van der Waals surface area contributed by atoms with E-state index < -0.39 is 0 Å². The summed E-state index contributed by atoms with van der Waals surface area (Å²) in [5, 5.41) is 4.25. The highest BCUT2D eigenvalue weighted by molar-refractivity contribution is 9.10. The summed E-state index contributed by atoms with van der Waals surface area (Å²) in [6, 6.07) is 8.20. The van der Waals surface area contributed by atoms with Crippen molar-refractivity contribution in [3.8, 4) is 0 Å². The minimum atomic E-state index is 0.145. The van der Waals surface area contributed by atoms with Crippen molar-refractivity contribution in [2.75, 3.05) is 0 Å². The van der Waals surface area contributed by atoms with Crippen molar-refractivity contribution in [3.63, 3.8) is 0 Å². The zero-order valence-electron chi connectivity index (χ0n) is 11.9. The molecular weight excluding hydrogens is 316 g/mol. The number of ketones is 1. The average molecular weight is 335 g/mol. The van der Waals surface area contributed by atoms with Crippen LogP contribution in [0.4, 0.5) is 0 Å². The number of aryl methyl sites for hydroxylation is 3. The Bertz CT molecular complexity index is 604. The second-order valence-corrected chi connectivity index (χ2v) is 5.77. The molecule has 1 aromatic heterocycles. The minimum absolute atomic E-state index is 0.145. The Morgan fingerprint density at radius 3 is 2.80 bits per heavy atom. The number of halogens is 1. The van der Waals surface area contributed by atoms with Gasteiger partial charge < -0.3 is 0 Å². The SMILES string of the molecule is CCCn1ncc(Br)c1C(=O)CCc1ccccc1C. The summed E-state index contributed by atoms with van der Waals surface area (Å²) in [6.07, 6.45) is 3.96. The molecule has 0 atom stereocenters. The molecule has 0 radical (unpaired) electrons. The van der Waals surface area contributed by atoms with Gasteiger partial charge in [-0.25, -0.2) is 0 Å². The van der Waals surface area contributed by atoms with E-state index in [2.05, 4.69) is 47.0 Å². The molecule has 2 rings (SSSR count). The summed E-state index contributed by atoms with van der Waals surface area (Å²) >= 11 is 3.42. The van der Waals surface area contributed by atoms with Crippen LogP contribution in [-0.2, 0) is 13.0 Å². The number of rotatable bonds is 6. The van der Waals surface area contributed by atoms with Crippen LogP contribution in [0.2, 0.25) is 0 Å². The van der Waals surface area contributed by atoms with E-state index >= 15 is 0 Å². The van der Waals surface area contributed by atoms with Crippen molar-refractivity contribution >= 4 is 21.7 Å². The van der Waals surface area contributed by atoms with Gasteiger partial charge in [0, 0.05) is 13.0 Å². The van der Waals surface area contributed by atoms with Gasteiger partial charge in [0.25, 0.3) is 0 Å². The summed E-state index contributed by atoms with van der Waals surface area (Å²) in [7, 11) is 0. The van der Waals surface area contributed by atoms with Crippen LogP contribution in [0.1, 0.15) is 41.4 Å². The third kappa shape index (κ3) is 3.37. The summed E-state index contributed by atoms with van der Waals surface area (Å²) < 4.78 is 2.59. The molecule has 0 fully saturated rings. The molecule has 0 aliphatic heterocycles. The fourth-order valence-corrected chi connectivity index (χ4v) is 2.80. The smallest absolute Gasteiger partial charge is 0.182 e. The lowest BCUT2D eigenvalue weighted by atomic mass is 10.0. The van der Waals surface area contributed by atoms with Crippen molar-refractivity contribution in [1.82, 2.24) is 9.78 Å². The fourth-order valence-electron chi connectivity index (χ4n) is 2.28. The van der Waals surface area contributed by atoms with Crippen LogP contribution in [0, 0.1) is 6.92 Å². The number of carbonyl (C=O) groups is 1. The summed E-state index contributed by atoms with van der Waals surface area (Å²) in [5.41, 5.74) is 3.17. The van der Waals surface area contributed by atoms with E-state index in [1.54, 1.807) is 10.9 Å². The molecule has 4 heteroatoms. The topological polar surface area (TPSA) is 34.9 Å². The predicted octanol–water partition coefficient (Wildman–Crippen LogP) is 4.18. The van der Waals surface area contributed by atoms with E-state index in [1.807, 2.05) is 12.1 Å². The van der Waals surface area contributed by atoms with Crippen LogP contribution in [0.3, 0.4) is 0 Å². The average Bonchev–Trinajstić information content (AvgIpc) is 2.79. The maximum Gasteiger partial charge on any atom is 0.182 e. The zero-order valence-corrected chi connectivity index (χ0v) is 13.5.